The number of carboxylic acids is 1. The molecule has 0 spiro atoms. The van der Waals surface area contributed by atoms with Crippen molar-refractivity contribution in [3.05, 3.63) is 0 Å². The van der Waals surface area contributed by atoms with Crippen molar-refractivity contribution in [2.24, 2.45) is 11.8 Å². The lowest BCUT2D eigenvalue weighted by atomic mass is 9.97. The minimum atomic E-state index is -0.865. The van der Waals surface area contributed by atoms with Crippen molar-refractivity contribution in [2.75, 3.05) is 19.0 Å². The van der Waals surface area contributed by atoms with Gasteiger partial charge in [0.2, 0.25) is 5.91 Å². The van der Waals surface area contributed by atoms with E-state index >= 15 is 0 Å². The minimum Gasteiger partial charge on any atom is -0.480 e. The molecular formula is C13H19NO4S. The number of carboxylic acid groups (broad SMARTS) is 1. The van der Waals surface area contributed by atoms with Gasteiger partial charge in [-0.15, -0.1) is 11.8 Å². The van der Waals surface area contributed by atoms with Gasteiger partial charge in [0.15, 0.2) is 0 Å². The number of aliphatic carboxylic acids is 1. The van der Waals surface area contributed by atoms with Gasteiger partial charge in [-0.2, -0.15) is 0 Å². The van der Waals surface area contributed by atoms with Crippen molar-refractivity contribution < 1.29 is 19.4 Å². The lowest BCUT2D eigenvalue weighted by molar-refractivity contribution is -0.152. The summed E-state index contributed by atoms with van der Waals surface area (Å²) in [5.74, 6) is 0.174. The second-order valence-corrected chi connectivity index (χ2v) is 6.70. The molecule has 2 atom stereocenters. The SMILES string of the molecule is O=C(O)C1CSC(C2CC2)N1C(=O)C1CCOCC1. The number of carbonyl (C=O) groups excluding carboxylic acids is 1. The Hall–Kier alpha value is -0.750. The molecule has 2 heterocycles. The van der Waals surface area contributed by atoms with Crippen LogP contribution in [-0.2, 0) is 14.3 Å². The number of nitrogens with zero attached hydrogens (tertiary/aromatic N) is 1. The third-order valence-electron chi connectivity index (χ3n) is 4.17. The molecule has 3 fully saturated rings. The van der Waals surface area contributed by atoms with Gasteiger partial charge in [0, 0.05) is 24.9 Å². The van der Waals surface area contributed by atoms with E-state index in [-0.39, 0.29) is 17.2 Å². The van der Waals surface area contributed by atoms with Crippen molar-refractivity contribution in [3.63, 3.8) is 0 Å². The number of hydrogen-bond donors (Lipinski definition) is 1. The van der Waals surface area contributed by atoms with E-state index < -0.39 is 12.0 Å². The highest BCUT2D eigenvalue weighted by Crippen LogP contribution is 2.46. The quantitative estimate of drug-likeness (QED) is 0.843. The van der Waals surface area contributed by atoms with E-state index in [1.807, 2.05) is 0 Å². The monoisotopic (exact) mass is 285 g/mol. The summed E-state index contributed by atoms with van der Waals surface area (Å²) in [6.07, 6.45) is 3.70. The molecule has 3 aliphatic rings. The van der Waals surface area contributed by atoms with Gasteiger partial charge < -0.3 is 14.7 Å². The van der Waals surface area contributed by atoms with Crippen LogP contribution in [0.2, 0.25) is 0 Å². The predicted octanol–water partition coefficient (Wildman–Crippen LogP) is 1.18. The summed E-state index contributed by atoms with van der Waals surface area (Å²) in [6.45, 7) is 1.23. The van der Waals surface area contributed by atoms with Gasteiger partial charge in [-0.1, -0.05) is 0 Å². The van der Waals surface area contributed by atoms with E-state index in [0.717, 1.165) is 25.7 Å². The normalized spacial score (nSPS) is 32.5. The maximum atomic E-state index is 12.7. The molecule has 0 aromatic rings. The van der Waals surface area contributed by atoms with Crippen LogP contribution in [0, 0.1) is 11.8 Å². The molecule has 1 saturated carbocycles. The van der Waals surface area contributed by atoms with Crippen LogP contribution in [0.5, 0.6) is 0 Å². The van der Waals surface area contributed by atoms with Crippen LogP contribution >= 0.6 is 11.8 Å². The highest BCUT2D eigenvalue weighted by molar-refractivity contribution is 8.00. The molecule has 2 unspecified atom stereocenters. The largest absolute Gasteiger partial charge is 0.480 e. The average Bonchev–Trinajstić information content (AvgIpc) is 3.17. The number of hydrogen-bond acceptors (Lipinski definition) is 4. The van der Waals surface area contributed by atoms with Crippen LogP contribution < -0.4 is 0 Å². The average molecular weight is 285 g/mol. The molecule has 0 radical (unpaired) electrons. The van der Waals surface area contributed by atoms with E-state index in [1.54, 1.807) is 16.7 Å². The molecular weight excluding hydrogens is 266 g/mol. The van der Waals surface area contributed by atoms with E-state index in [0.29, 0.717) is 24.9 Å². The van der Waals surface area contributed by atoms with E-state index in [4.69, 9.17) is 4.74 Å². The summed E-state index contributed by atoms with van der Waals surface area (Å²) in [4.78, 5) is 25.7. The molecule has 0 aromatic carbocycles. The van der Waals surface area contributed by atoms with Crippen LogP contribution in [0.4, 0.5) is 0 Å². The molecule has 19 heavy (non-hydrogen) atoms. The smallest absolute Gasteiger partial charge is 0.327 e. The van der Waals surface area contributed by atoms with Crippen LogP contribution in [0.1, 0.15) is 25.7 Å². The zero-order valence-electron chi connectivity index (χ0n) is 10.8. The summed E-state index contributed by atoms with van der Waals surface area (Å²) in [5, 5.41) is 9.41. The standard InChI is InChI=1S/C13H19NO4S/c15-11(8-3-5-18-6-4-8)14-10(13(16)17)7-19-12(14)9-1-2-9/h8-10,12H,1-7H2,(H,16,17). The molecule has 0 aromatic heterocycles. The van der Waals surface area contributed by atoms with Crippen molar-refractivity contribution >= 4 is 23.6 Å². The van der Waals surface area contributed by atoms with Gasteiger partial charge in [-0.3, -0.25) is 4.79 Å². The fourth-order valence-electron chi connectivity index (χ4n) is 2.90. The van der Waals surface area contributed by atoms with Crippen molar-refractivity contribution in [1.82, 2.24) is 4.90 Å². The lowest BCUT2D eigenvalue weighted by Gasteiger charge is -2.32. The van der Waals surface area contributed by atoms with Crippen molar-refractivity contribution in [1.29, 1.82) is 0 Å². The van der Waals surface area contributed by atoms with Gasteiger partial charge in [0.1, 0.15) is 6.04 Å². The maximum absolute atomic E-state index is 12.7. The Balaban J connectivity index is 1.76. The molecule has 1 amide bonds. The first-order valence-electron chi connectivity index (χ1n) is 6.93. The van der Waals surface area contributed by atoms with Gasteiger partial charge in [0.25, 0.3) is 0 Å². The fraction of sp³-hybridized carbons (Fsp3) is 0.846. The molecule has 2 saturated heterocycles. The van der Waals surface area contributed by atoms with Gasteiger partial charge in [-0.05, 0) is 31.6 Å². The molecule has 2 aliphatic heterocycles. The summed E-state index contributed by atoms with van der Waals surface area (Å²) in [6, 6.07) is -0.633. The number of amides is 1. The van der Waals surface area contributed by atoms with E-state index in [1.165, 1.54) is 0 Å². The molecule has 106 valence electrons. The fourth-order valence-corrected chi connectivity index (χ4v) is 4.54. The van der Waals surface area contributed by atoms with Crippen molar-refractivity contribution in [2.45, 2.75) is 37.1 Å². The Morgan fingerprint density at radius 3 is 2.42 bits per heavy atom. The highest BCUT2D eigenvalue weighted by Gasteiger charge is 2.49. The summed E-state index contributed by atoms with van der Waals surface area (Å²) < 4.78 is 5.28. The summed E-state index contributed by atoms with van der Waals surface area (Å²) >= 11 is 1.64. The number of thioether (sulfide) groups is 1. The maximum Gasteiger partial charge on any atom is 0.327 e. The Kier molecular flexibility index (Phi) is 3.71. The number of rotatable bonds is 3. The molecule has 1 aliphatic carbocycles. The van der Waals surface area contributed by atoms with Crippen LogP contribution in [-0.4, -0.2) is 52.3 Å². The summed E-state index contributed by atoms with van der Waals surface area (Å²) in [7, 11) is 0. The summed E-state index contributed by atoms with van der Waals surface area (Å²) in [5.41, 5.74) is 0. The van der Waals surface area contributed by atoms with E-state index in [2.05, 4.69) is 0 Å². The zero-order chi connectivity index (χ0) is 13.4. The molecule has 0 bridgehead atoms. The second-order valence-electron chi connectivity index (χ2n) is 5.55. The molecule has 1 N–H and O–H groups in total. The van der Waals surface area contributed by atoms with Crippen LogP contribution in [0.3, 0.4) is 0 Å². The number of ether oxygens (including phenoxy) is 1. The molecule has 5 nitrogen and oxygen atoms in total. The Morgan fingerprint density at radius 1 is 1.16 bits per heavy atom. The van der Waals surface area contributed by atoms with Crippen LogP contribution in [0.25, 0.3) is 0 Å². The third-order valence-corrected chi connectivity index (χ3v) is 5.63. The highest BCUT2D eigenvalue weighted by atomic mass is 32.2. The van der Waals surface area contributed by atoms with Crippen molar-refractivity contribution in [3.8, 4) is 0 Å². The second kappa shape index (κ2) is 5.32. The Labute approximate surface area is 116 Å². The van der Waals surface area contributed by atoms with Gasteiger partial charge in [-0.25, -0.2) is 4.79 Å². The first kappa shape index (κ1) is 13.2. The molecule has 6 heteroatoms. The Morgan fingerprint density at radius 2 is 1.84 bits per heavy atom. The minimum absolute atomic E-state index is 0.0394. The Bertz CT molecular complexity index is 379. The van der Waals surface area contributed by atoms with E-state index in [9.17, 15) is 14.7 Å². The first-order valence-corrected chi connectivity index (χ1v) is 7.97. The predicted molar refractivity (Wildman–Crippen MR) is 70.8 cm³/mol. The topological polar surface area (TPSA) is 66.8 Å². The number of carbonyl (C=O) groups is 2. The van der Waals surface area contributed by atoms with Gasteiger partial charge in [0.05, 0.1) is 5.37 Å². The lowest BCUT2D eigenvalue weighted by Crippen LogP contribution is -2.49. The first-order chi connectivity index (χ1) is 9.18. The van der Waals surface area contributed by atoms with Crippen LogP contribution in [0.15, 0.2) is 0 Å². The van der Waals surface area contributed by atoms with Gasteiger partial charge >= 0.3 is 5.97 Å². The zero-order valence-corrected chi connectivity index (χ0v) is 11.6. The molecule has 3 rings (SSSR count). The third kappa shape index (κ3) is 2.60.